The molecule has 1 fully saturated rings. The molecule has 2 heterocycles. The Morgan fingerprint density at radius 3 is 3.05 bits per heavy atom. The molecule has 1 aromatic heterocycles. The fourth-order valence-corrected chi connectivity index (χ4v) is 2.57. The fourth-order valence-electron chi connectivity index (χ4n) is 2.57. The summed E-state index contributed by atoms with van der Waals surface area (Å²) in [7, 11) is 0. The number of benzene rings is 1. The number of nitrogens with zero attached hydrogens (tertiary/aromatic N) is 2. The molecule has 0 spiro atoms. The maximum absolute atomic E-state index is 12.5. The molecule has 1 aliphatic heterocycles. The molecule has 1 saturated heterocycles. The second-order valence-electron chi connectivity index (χ2n) is 5.25. The normalized spacial score (nSPS) is 18.4. The molecule has 0 saturated carbocycles. The van der Waals surface area contributed by atoms with E-state index in [0.717, 1.165) is 25.0 Å². The van der Waals surface area contributed by atoms with Gasteiger partial charge in [0.25, 0.3) is 5.91 Å². The Morgan fingerprint density at radius 2 is 2.29 bits per heavy atom. The van der Waals surface area contributed by atoms with E-state index >= 15 is 0 Å². The predicted molar refractivity (Wildman–Crippen MR) is 79.1 cm³/mol. The van der Waals surface area contributed by atoms with Crippen LogP contribution in [0.2, 0.25) is 0 Å². The van der Waals surface area contributed by atoms with Crippen molar-refractivity contribution in [2.45, 2.75) is 25.4 Å². The van der Waals surface area contributed by atoms with Gasteiger partial charge in [0.15, 0.2) is 0 Å². The zero-order valence-electron chi connectivity index (χ0n) is 11.9. The highest BCUT2D eigenvalue weighted by Crippen LogP contribution is 2.12. The molecule has 1 N–H and O–H groups in total. The molecule has 5 heteroatoms. The van der Waals surface area contributed by atoms with Crippen molar-refractivity contribution in [3.63, 3.8) is 0 Å². The molecule has 3 rings (SSSR count). The van der Waals surface area contributed by atoms with Crippen molar-refractivity contribution in [2.24, 2.45) is 0 Å². The predicted octanol–water partition coefficient (Wildman–Crippen LogP) is 1.84. The topological polar surface area (TPSA) is 56.1 Å². The van der Waals surface area contributed by atoms with Crippen molar-refractivity contribution in [1.82, 2.24) is 15.1 Å². The van der Waals surface area contributed by atoms with E-state index in [1.54, 1.807) is 6.20 Å². The minimum absolute atomic E-state index is 0.0340. The van der Waals surface area contributed by atoms with Crippen molar-refractivity contribution < 1.29 is 9.53 Å². The Bertz CT molecular complexity index is 589. The summed E-state index contributed by atoms with van der Waals surface area (Å²) in [6, 6.07) is 9.65. The molecular weight excluding hydrogens is 266 g/mol. The summed E-state index contributed by atoms with van der Waals surface area (Å²) in [4.78, 5) is 12.5. The third-order valence-electron chi connectivity index (χ3n) is 3.65. The van der Waals surface area contributed by atoms with Crippen LogP contribution in [0.3, 0.4) is 0 Å². The van der Waals surface area contributed by atoms with Gasteiger partial charge in [-0.1, -0.05) is 18.2 Å². The highest BCUT2D eigenvalue weighted by atomic mass is 16.5. The molecule has 1 aromatic carbocycles. The van der Waals surface area contributed by atoms with Crippen LogP contribution < -0.4 is 5.32 Å². The molecule has 1 atom stereocenters. The van der Waals surface area contributed by atoms with Crippen LogP contribution in [0.5, 0.6) is 0 Å². The Labute approximate surface area is 123 Å². The molecule has 0 radical (unpaired) electrons. The summed E-state index contributed by atoms with van der Waals surface area (Å²) in [5.74, 6) is -0.0340. The monoisotopic (exact) mass is 285 g/mol. The summed E-state index contributed by atoms with van der Waals surface area (Å²) in [5.41, 5.74) is 1.68. The van der Waals surface area contributed by atoms with Crippen LogP contribution in [0.4, 0.5) is 0 Å². The van der Waals surface area contributed by atoms with Crippen LogP contribution in [0, 0.1) is 0 Å². The van der Waals surface area contributed by atoms with E-state index in [4.69, 9.17) is 4.74 Å². The van der Waals surface area contributed by atoms with Crippen molar-refractivity contribution in [1.29, 1.82) is 0 Å². The highest BCUT2D eigenvalue weighted by Gasteiger charge is 2.18. The van der Waals surface area contributed by atoms with E-state index in [1.165, 1.54) is 0 Å². The Hall–Kier alpha value is -2.14. The maximum Gasteiger partial charge on any atom is 0.251 e. The standard InChI is InChI=1S/C16H19N3O2/c20-16(18-14-6-3-10-21-12-14)15-7-2-1-5-13(15)11-19-9-4-8-17-19/h1-2,4-5,7-9,14H,3,6,10-12H2,(H,18,20). The van der Waals surface area contributed by atoms with E-state index < -0.39 is 0 Å². The van der Waals surface area contributed by atoms with E-state index in [2.05, 4.69) is 10.4 Å². The highest BCUT2D eigenvalue weighted by molar-refractivity contribution is 5.95. The van der Waals surface area contributed by atoms with Gasteiger partial charge in [0, 0.05) is 24.6 Å². The average molecular weight is 285 g/mol. The Kier molecular flexibility index (Phi) is 4.31. The maximum atomic E-state index is 12.5. The van der Waals surface area contributed by atoms with Gasteiger partial charge in [-0.2, -0.15) is 5.10 Å². The lowest BCUT2D eigenvalue weighted by Gasteiger charge is -2.23. The lowest BCUT2D eigenvalue weighted by molar-refractivity contribution is 0.0623. The number of aromatic nitrogens is 2. The number of ether oxygens (including phenoxy) is 1. The van der Waals surface area contributed by atoms with Gasteiger partial charge in [0.05, 0.1) is 19.2 Å². The van der Waals surface area contributed by atoms with Gasteiger partial charge < -0.3 is 10.1 Å². The zero-order chi connectivity index (χ0) is 14.5. The third kappa shape index (κ3) is 3.49. The van der Waals surface area contributed by atoms with Crippen LogP contribution >= 0.6 is 0 Å². The largest absolute Gasteiger partial charge is 0.379 e. The molecule has 0 bridgehead atoms. The van der Waals surface area contributed by atoms with E-state index in [0.29, 0.717) is 18.7 Å². The van der Waals surface area contributed by atoms with E-state index in [-0.39, 0.29) is 11.9 Å². The van der Waals surface area contributed by atoms with Crippen LogP contribution in [-0.2, 0) is 11.3 Å². The lowest BCUT2D eigenvalue weighted by Crippen LogP contribution is -2.41. The van der Waals surface area contributed by atoms with Crippen LogP contribution in [0.25, 0.3) is 0 Å². The first-order valence-electron chi connectivity index (χ1n) is 7.27. The van der Waals surface area contributed by atoms with Gasteiger partial charge >= 0.3 is 0 Å². The first-order valence-corrected chi connectivity index (χ1v) is 7.27. The zero-order valence-corrected chi connectivity index (χ0v) is 11.9. The number of amides is 1. The smallest absolute Gasteiger partial charge is 0.251 e. The van der Waals surface area contributed by atoms with Gasteiger partial charge in [0.1, 0.15) is 0 Å². The summed E-state index contributed by atoms with van der Waals surface area (Å²) < 4.78 is 7.22. The van der Waals surface area contributed by atoms with Crippen molar-refractivity contribution in [3.05, 3.63) is 53.9 Å². The second-order valence-corrected chi connectivity index (χ2v) is 5.25. The summed E-state index contributed by atoms with van der Waals surface area (Å²) >= 11 is 0. The number of rotatable bonds is 4. The Morgan fingerprint density at radius 1 is 1.38 bits per heavy atom. The second kappa shape index (κ2) is 6.54. The van der Waals surface area contributed by atoms with Crippen molar-refractivity contribution in [2.75, 3.05) is 13.2 Å². The number of hydrogen-bond donors (Lipinski definition) is 1. The number of carbonyl (C=O) groups is 1. The molecule has 110 valence electrons. The first-order chi connectivity index (χ1) is 10.3. The first kappa shape index (κ1) is 13.8. The van der Waals surface area contributed by atoms with Crippen LogP contribution in [-0.4, -0.2) is 34.9 Å². The van der Waals surface area contributed by atoms with E-state index in [9.17, 15) is 4.79 Å². The molecule has 1 amide bonds. The lowest BCUT2D eigenvalue weighted by atomic mass is 10.1. The molecular formula is C16H19N3O2. The SMILES string of the molecule is O=C(NC1CCCOC1)c1ccccc1Cn1cccn1. The molecule has 0 aliphatic carbocycles. The van der Waals surface area contributed by atoms with Crippen molar-refractivity contribution >= 4 is 5.91 Å². The molecule has 21 heavy (non-hydrogen) atoms. The molecule has 2 aromatic rings. The van der Waals surface area contributed by atoms with Gasteiger partial charge in [0.2, 0.25) is 0 Å². The Balaban J connectivity index is 1.73. The minimum Gasteiger partial charge on any atom is -0.379 e. The van der Waals surface area contributed by atoms with Crippen LogP contribution in [0.15, 0.2) is 42.7 Å². The average Bonchev–Trinajstić information content (AvgIpc) is 3.02. The quantitative estimate of drug-likeness (QED) is 0.932. The minimum atomic E-state index is -0.0340. The molecule has 1 aliphatic rings. The molecule has 5 nitrogen and oxygen atoms in total. The van der Waals surface area contributed by atoms with Crippen molar-refractivity contribution in [3.8, 4) is 0 Å². The van der Waals surface area contributed by atoms with E-state index in [1.807, 2.05) is 41.2 Å². The fraction of sp³-hybridized carbons (Fsp3) is 0.375. The van der Waals surface area contributed by atoms with Gasteiger partial charge in [-0.15, -0.1) is 0 Å². The van der Waals surface area contributed by atoms with Gasteiger partial charge in [-0.3, -0.25) is 9.48 Å². The number of hydrogen-bond acceptors (Lipinski definition) is 3. The molecule has 1 unspecified atom stereocenters. The summed E-state index contributed by atoms with van der Waals surface area (Å²) in [6.07, 6.45) is 5.61. The van der Waals surface area contributed by atoms with Crippen LogP contribution in [0.1, 0.15) is 28.8 Å². The number of carbonyl (C=O) groups excluding carboxylic acids is 1. The summed E-state index contributed by atoms with van der Waals surface area (Å²) in [6.45, 7) is 1.99. The number of nitrogens with one attached hydrogen (secondary N) is 1. The van der Waals surface area contributed by atoms with Gasteiger partial charge in [-0.05, 0) is 30.5 Å². The summed E-state index contributed by atoms with van der Waals surface area (Å²) in [5, 5.41) is 7.25. The third-order valence-corrected chi connectivity index (χ3v) is 3.65. The van der Waals surface area contributed by atoms with Gasteiger partial charge in [-0.25, -0.2) is 0 Å².